The number of hydrogen-bond donors (Lipinski definition) is 1. The molecule has 19 heavy (non-hydrogen) atoms. The molecular formula is C14H10Cl4O. The monoisotopic (exact) mass is 334 g/mol. The molecule has 100 valence electrons. The molecule has 5 heteroatoms. The molecule has 0 amide bonds. The molecule has 0 aliphatic carbocycles. The third-order valence-corrected chi connectivity index (χ3v) is 4.16. The highest BCUT2D eigenvalue weighted by atomic mass is 35.5. The molecule has 0 saturated heterocycles. The summed E-state index contributed by atoms with van der Waals surface area (Å²) in [6.45, 7) is 0. The largest absolute Gasteiger partial charge is 0.388 e. The summed E-state index contributed by atoms with van der Waals surface area (Å²) < 4.78 is 0. The summed E-state index contributed by atoms with van der Waals surface area (Å²) in [6, 6.07) is 10.3. The Morgan fingerprint density at radius 2 is 1.21 bits per heavy atom. The topological polar surface area (TPSA) is 20.2 Å². The average Bonchev–Trinajstić information content (AvgIpc) is 2.34. The molecule has 0 aromatic heterocycles. The predicted octanol–water partition coefficient (Wildman–Crippen LogP) is 5.58. The zero-order valence-electron chi connectivity index (χ0n) is 9.71. The summed E-state index contributed by atoms with van der Waals surface area (Å²) >= 11 is 24.3. The van der Waals surface area contributed by atoms with Gasteiger partial charge in [-0.15, -0.1) is 0 Å². The van der Waals surface area contributed by atoms with Gasteiger partial charge in [-0.1, -0.05) is 58.5 Å². The van der Waals surface area contributed by atoms with Crippen molar-refractivity contribution in [2.45, 2.75) is 12.5 Å². The molecule has 0 radical (unpaired) electrons. The van der Waals surface area contributed by atoms with Gasteiger partial charge in [-0.3, -0.25) is 0 Å². The average molecular weight is 336 g/mol. The molecule has 1 N–H and O–H groups in total. The van der Waals surface area contributed by atoms with Gasteiger partial charge in [0.2, 0.25) is 0 Å². The fraction of sp³-hybridized carbons (Fsp3) is 0.143. The zero-order chi connectivity index (χ0) is 14.0. The van der Waals surface area contributed by atoms with Crippen LogP contribution in [0.3, 0.4) is 0 Å². The fourth-order valence-corrected chi connectivity index (χ4v) is 3.05. The molecule has 0 aliphatic heterocycles. The molecule has 0 spiro atoms. The van der Waals surface area contributed by atoms with Crippen LogP contribution in [-0.2, 0) is 6.42 Å². The maximum atomic E-state index is 10.3. The lowest BCUT2D eigenvalue weighted by Gasteiger charge is -2.16. The minimum atomic E-state index is -0.862. The lowest BCUT2D eigenvalue weighted by atomic mass is 10.0. The van der Waals surface area contributed by atoms with Gasteiger partial charge in [-0.05, 0) is 29.8 Å². The molecule has 0 bridgehead atoms. The van der Waals surface area contributed by atoms with E-state index in [1.54, 1.807) is 36.4 Å². The Kier molecular flexibility index (Phi) is 4.99. The molecule has 0 heterocycles. The molecule has 2 aromatic carbocycles. The van der Waals surface area contributed by atoms with Crippen LogP contribution in [0.15, 0.2) is 36.4 Å². The predicted molar refractivity (Wildman–Crippen MR) is 81.6 cm³/mol. The van der Waals surface area contributed by atoms with Crippen LogP contribution in [0.4, 0.5) is 0 Å². The molecule has 1 unspecified atom stereocenters. The Morgan fingerprint density at radius 3 is 1.68 bits per heavy atom. The van der Waals surface area contributed by atoms with Crippen LogP contribution in [0.2, 0.25) is 20.1 Å². The quantitative estimate of drug-likeness (QED) is 0.776. The van der Waals surface area contributed by atoms with Crippen molar-refractivity contribution in [1.29, 1.82) is 0 Å². The van der Waals surface area contributed by atoms with Crippen molar-refractivity contribution < 1.29 is 5.11 Å². The van der Waals surface area contributed by atoms with E-state index in [2.05, 4.69) is 0 Å². The van der Waals surface area contributed by atoms with Gasteiger partial charge in [-0.2, -0.15) is 0 Å². The van der Waals surface area contributed by atoms with E-state index in [0.29, 0.717) is 31.2 Å². The van der Waals surface area contributed by atoms with E-state index in [1.165, 1.54) is 0 Å². The number of hydrogen-bond acceptors (Lipinski definition) is 1. The van der Waals surface area contributed by atoms with Crippen LogP contribution >= 0.6 is 46.4 Å². The SMILES string of the molecule is OC(Cc1c(Cl)cccc1Cl)c1c(Cl)cccc1Cl. The lowest BCUT2D eigenvalue weighted by molar-refractivity contribution is 0.178. The van der Waals surface area contributed by atoms with Crippen LogP contribution in [-0.4, -0.2) is 5.11 Å². The van der Waals surface area contributed by atoms with Gasteiger partial charge in [-0.25, -0.2) is 0 Å². The first-order valence-electron chi connectivity index (χ1n) is 5.55. The van der Waals surface area contributed by atoms with Crippen molar-refractivity contribution in [3.63, 3.8) is 0 Å². The Balaban J connectivity index is 2.34. The van der Waals surface area contributed by atoms with Crippen LogP contribution in [0.25, 0.3) is 0 Å². The number of benzene rings is 2. The number of rotatable bonds is 3. The maximum absolute atomic E-state index is 10.3. The van der Waals surface area contributed by atoms with Crippen LogP contribution in [0.1, 0.15) is 17.2 Å². The van der Waals surface area contributed by atoms with Crippen molar-refractivity contribution in [3.8, 4) is 0 Å². The van der Waals surface area contributed by atoms with Crippen LogP contribution in [0.5, 0.6) is 0 Å². The normalized spacial score (nSPS) is 12.5. The first kappa shape index (κ1) is 15.0. The van der Waals surface area contributed by atoms with E-state index in [0.717, 1.165) is 0 Å². The second-order valence-electron chi connectivity index (χ2n) is 4.06. The summed E-state index contributed by atoms with van der Waals surface area (Å²) in [5.41, 5.74) is 1.16. The molecule has 0 aliphatic rings. The van der Waals surface area contributed by atoms with Crippen molar-refractivity contribution in [3.05, 3.63) is 67.6 Å². The third kappa shape index (κ3) is 3.36. The first-order valence-corrected chi connectivity index (χ1v) is 7.06. The van der Waals surface area contributed by atoms with Crippen molar-refractivity contribution >= 4 is 46.4 Å². The molecular weight excluding hydrogens is 326 g/mol. The molecule has 2 aromatic rings. The Bertz CT molecular complexity index is 557. The third-order valence-electron chi connectivity index (χ3n) is 2.79. The number of aliphatic hydroxyl groups excluding tert-OH is 1. The highest BCUT2D eigenvalue weighted by Crippen LogP contribution is 2.35. The minimum Gasteiger partial charge on any atom is -0.388 e. The van der Waals surface area contributed by atoms with E-state index >= 15 is 0 Å². The van der Waals surface area contributed by atoms with E-state index in [1.807, 2.05) is 0 Å². The van der Waals surface area contributed by atoms with Crippen LogP contribution in [0, 0.1) is 0 Å². The van der Waals surface area contributed by atoms with Gasteiger partial charge >= 0.3 is 0 Å². The minimum absolute atomic E-state index is 0.252. The van der Waals surface area contributed by atoms with Gasteiger partial charge in [0.05, 0.1) is 6.10 Å². The second kappa shape index (κ2) is 6.34. The zero-order valence-corrected chi connectivity index (χ0v) is 12.7. The Labute approximate surface area is 131 Å². The summed E-state index contributed by atoms with van der Waals surface area (Å²) in [5, 5.41) is 12.2. The standard InChI is InChI=1S/C14H10Cl4O/c15-9-3-1-4-10(16)8(9)7-13(19)14-11(17)5-2-6-12(14)18/h1-6,13,19H,7H2. The fourth-order valence-electron chi connectivity index (χ4n) is 1.85. The highest BCUT2D eigenvalue weighted by Gasteiger charge is 2.18. The van der Waals surface area contributed by atoms with Crippen LogP contribution < -0.4 is 0 Å². The van der Waals surface area contributed by atoms with E-state index in [9.17, 15) is 5.11 Å². The summed E-state index contributed by atoms with van der Waals surface area (Å²) in [4.78, 5) is 0. The summed E-state index contributed by atoms with van der Waals surface area (Å²) in [7, 11) is 0. The Morgan fingerprint density at radius 1 is 0.789 bits per heavy atom. The Hall–Kier alpha value is -0.440. The first-order chi connectivity index (χ1) is 9.00. The number of aliphatic hydroxyl groups is 1. The van der Waals surface area contributed by atoms with Gasteiger partial charge < -0.3 is 5.11 Å². The summed E-state index contributed by atoms with van der Waals surface area (Å²) in [6.07, 6.45) is -0.610. The van der Waals surface area contributed by atoms with Crippen molar-refractivity contribution in [1.82, 2.24) is 0 Å². The lowest BCUT2D eigenvalue weighted by Crippen LogP contribution is -2.04. The maximum Gasteiger partial charge on any atom is 0.0860 e. The molecule has 0 saturated carbocycles. The number of halogens is 4. The summed E-state index contributed by atoms with van der Waals surface area (Å²) in [5.74, 6) is 0. The highest BCUT2D eigenvalue weighted by molar-refractivity contribution is 6.36. The molecule has 0 fully saturated rings. The van der Waals surface area contributed by atoms with Crippen molar-refractivity contribution in [2.75, 3.05) is 0 Å². The molecule has 1 atom stereocenters. The second-order valence-corrected chi connectivity index (χ2v) is 5.68. The molecule has 1 nitrogen and oxygen atoms in total. The van der Waals surface area contributed by atoms with Crippen molar-refractivity contribution in [2.24, 2.45) is 0 Å². The van der Waals surface area contributed by atoms with E-state index in [4.69, 9.17) is 46.4 Å². The van der Waals surface area contributed by atoms with Gasteiger partial charge in [0.25, 0.3) is 0 Å². The molecule has 2 rings (SSSR count). The smallest absolute Gasteiger partial charge is 0.0860 e. The van der Waals surface area contributed by atoms with Gasteiger partial charge in [0.15, 0.2) is 0 Å². The van der Waals surface area contributed by atoms with E-state index in [-0.39, 0.29) is 6.42 Å². The van der Waals surface area contributed by atoms with Gasteiger partial charge in [0, 0.05) is 32.1 Å². The van der Waals surface area contributed by atoms with Gasteiger partial charge in [0.1, 0.15) is 0 Å². The van der Waals surface area contributed by atoms with E-state index < -0.39 is 6.10 Å².